The van der Waals surface area contributed by atoms with Gasteiger partial charge in [-0.15, -0.1) is 0 Å². The molecule has 0 aliphatic rings. The van der Waals surface area contributed by atoms with Gasteiger partial charge in [0.05, 0.1) is 12.4 Å². The molecule has 0 unspecified atom stereocenters. The molecule has 1 N–H and O–H groups in total. The maximum Gasteiger partial charge on any atom is 0.275 e. The van der Waals surface area contributed by atoms with E-state index >= 15 is 0 Å². The Bertz CT molecular complexity index is 682. The summed E-state index contributed by atoms with van der Waals surface area (Å²) in [5.74, 6) is 0.500. The van der Waals surface area contributed by atoms with Crippen LogP contribution in [0.4, 0.5) is 11.5 Å². The van der Waals surface area contributed by atoms with Crippen molar-refractivity contribution in [1.82, 2.24) is 9.97 Å². The Labute approximate surface area is 148 Å². The van der Waals surface area contributed by atoms with Crippen molar-refractivity contribution in [3.63, 3.8) is 0 Å². The molecule has 6 heteroatoms. The van der Waals surface area contributed by atoms with E-state index in [-0.39, 0.29) is 11.6 Å². The van der Waals surface area contributed by atoms with Crippen LogP contribution in [0.3, 0.4) is 0 Å². The maximum absolute atomic E-state index is 12.3. The molecule has 0 saturated carbocycles. The van der Waals surface area contributed by atoms with Gasteiger partial charge in [-0.05, 0) is 37.5 Å². The van der Waals surface area contributed by atoms with Crippen LogP contribution in [0.5, 0.6) is 0 Å². The third kappa shape index (κ3) is 4.68. The molecular formula is C18H23ClN4O. The minimum atomic E-state index is -0.300. The monoisotopic (exact) mass is 346 g/mol. The summed E-state index contributed by atoms with van der Waals surface area (Å²) in [4.78, 5) is 23.1. The van der Waals surface area contributed by atoms with Crippen molar-refractivity contribution in [2.75, 3.05) is 23.3 Å². The highest BCUT2D eigenvalue weighted by molar-refractivity contribution is 6.31. The van der Waals surface area contributed by atoms with Gasteiger partial charge in [-0.1, -0.05) is 31.5 Å². The van der Waals surface area contributed by atoms with Gasteiger partial charge in [0.1, 0.15) is 11.5 Å². The normalized spacial score (nSPS) is 10.5. The predicted octanol–water partition coefficient (Wildman–Crippen LogP) is 4.32. The van der Waals surface area contributed by atoms with E-state index in [1.54, 1.807) is 12.3 Å². The smallest absolute Gasteiger partial charge is 0.275 e. The lowest BCUT2D eigenvalue weighted by atomic mass is 10.2. The van der Waals surface area contributed by atoms with E-state index in [4.69, 9.17) is 11.6 Å². The van der Waals surface area contributed by atoms with E-state index in [0.29, 0.717) is 10.7 Å². The lowest BCUT2D eigenvalue weighted by Crippen LogP contribution is -2.26. The van der Waals surface area contributed by atoms with Crippen LogP contribution < -0.4 is 10.2 Å². The second-order valence-corrected chi connectivity index (χ2v) is 6.07. The van der Waals surface area contributed by atoms with Crippen LogP contribution >= 0.6 is 11.6 Å². The first-order valence-electron chi connectivity index (χ1n) is 8.19. The number of benzene rings is 1. The molecule has 0 radical (unpaired) electrons. The van der Waals surface area contributed by atoms with Gasteiger partial charge in [-0.3, -0.25) is 4.79 Å². The molecule has 0 aliphatic heterocycles. The zero-order valence-electron chi connectivity index (χ0n) is 14.3. The van der Waals surface area contributed by atoms with Crippen molar-refractivity contribution in [3.8, 4) is 0 Å². The Kier molecular flexibility index (Phi) is 6.55. The van der Waals surface area contributed by atoms with E-state index in [0.717, 1.165) is 37.3 Å². The largest absolute Gasteiger partial charge is 0.355 e. The summed E-state index contributed by atoms with van der Waals surface area (Å²) in [5, 5.41) is 3.40. The first kappa shape index (κ1) is 18.2. The lowest BCUT2D eigenvalue weighted by Gasteiger charge is -2.22. The van der Waals surface area contributed by atoms with Crippen LogP contribution in [0.1, 0.15) is 42.7 Å². The van der Waals surface area contributed by atoms with Crippen LogP contribution in [-0.2, 0) is 0 Å². The quantitative estimate of drug-likeness (QED) is 0.811. The molecule has 1 amide bonds. The maximum atomic E-state index is 12.3. The fraction of sp³-hybridized carbons (Fsp3) is 0.389. The molecule has 2 aromatic rings. The molecule has 0 spiro atoms. The number of carbonyl (C=O) groups excluding carboxylic acids is 1. The number of amides is 1. The summed E-state index contributed by atoms with van der Waals surface area (Å²) < 4.78 is 0. The highest BCUT2D eigenvalue weighted by atomic mass is 35.5. The third-order valence-corrected chi connectivity index (χ3v) is 4.02. The van der Waals surface area contributed by atoms with Crippen molar-refractivity contribution in [3.05, 3.63) is 46.9 Å². The van der Waals surface area contributed by atoms with Gasteiger partial charge in [0.25, 0.3) is 5.91 Å². The van der Waals surface area contributed by atoms with E-state index in [2.05, 4.69) is 34.0 Å². The minimum Gasteiger partial charge on any atom is -0.355 e. The first-order chi connectivity index (χ1) is 11.5. The number of aromatic nitrogens is 2. The van der Waals surface area contributed by atoms with Gasteiger partial charge in [0.2, 0.25) is 0 Å². The predicted molar refractivity (Wildman–Crippen MR) is 99.0 cm³/mol. The summed E-state index contributed by atoms with van der Waals surface area (Å²) in [6.07, 6.45) is 5.25. The molecule has 1 heterocycles. The van der Waals surface area contributed by atoms with Gasteiger partial charge in [0, 0.05) is 23.8 Å². The highest BCUT2D eigenvalue weighted by Crippen LogP contribution is 2.20. The fourth-order valence-corrected chi connectivity index (χ4v) is 2.53. The van der Waals surface area contributed by atoms with E-state index in [1.165, 1.54) is 6.20 Å². The summed E-state index contributed by atoms with van der Waals surface area (Å²) in [6.45, 7) is 8.03. The minimum absolute atomic E-state index is 0.281. The SMILES string of the molecule is CCCN(CCC)c1cnc(C(=O)Nc2ccc(C)c(Cl)c2)cn1. The highest BCUT2D eigenvalue weighted by Gasteiger charge is 2.11. The summed E-state index contributed by atoms with van der Waals surface area (Å²) >= 11 is 6.07. The first-order valence-corrected chi connectivity index (χ1v) is 8.57. The lowest BCUT2D eigenvalue weighted by molar-refractivity contribution is 0.102. The Morgan fingerprint density at radius 1 is 1.17 bits per heavy atom. The average molecular weight is 347 g/mol. The summed E-state index contributed by atoms with van der Waals surface area (Å²) in [6, 6.07) is 5.39. The number of nitrogens with one attached hydrogen (secondary N) is 1. The zero-order valence-corrected chi connectivity index (χ0v) is 15.1. The Hall–Kier alpha value is -2.14. The molecule has 0 aliphatic carbocycles. The van der Waals surface area contributed by atoms with E-state index < -0.39 is 0 Å². The molecule has 24 heavy (non-hydrogen) atoms. The Morgan fingerprint density at radius 3 is 2.42 bits per heavy atom. The molecule has 128 valence electrons. The van der Waals surface area contributed by atoms with Crippen molar-refractivity contribution in [2.24, 2.45) is 0 Å². The summed E-state index contributed by atoms with van der Waals surface area (Å²) in [5.41, 5.74) is 1.88. The topological polar surface area (TPSA) is 58.1 Å². The van der Waals surface area contributed by atoms with Gasteiger partial charge in [-0.25, -0.2) is 9.97 Å². The zero-order chi connectivity index (χ0) is 17.5. The van der Waals surface area contributed by atoms with Crippen LogP contribution in [-0.4, -0.2) is 29.0 Å². The molecule has 1 aromatic carbocycles. The van der Waals surface area contributed by atoms with E-state index in [9.17, 15) is 4.79 Å². The number of hydrogen-bond donors (Lipinski definition) is 1. The van der Waals surface area contributed by atoms with Crippen LogP contribution in [0.2, 0.25) is 5.02 Å². The number of anilines is 2. The van der Waals surface area contributed by atoms with Gasteiger partial charge < -0.3 is 10.2 Å². The summed E-state index contributed by atoms with van der Waals surface area (Å²) in [7, 11) is 0. The number of halogens is 1. The Morgan fingerprint density at radius 2 is 1.88 bits per heavy atom. The van der Waals surface area contributed by atoms with Crippen molar-refractivity contribution in [2.45, 2.75) is 33.6 Å². The Balaban J connectivity index is 2.08. The van der Waals surface area contributed by atoms with Gasteiger partial charge in [-0.2, -0.15) is 0 Å². The third-order valence-electron chi connectivity index (χ3n) is 3.61. The number of rotatable bonds is 7. The standard InChI is InChI=1S/C18H23ClN4O/c1-4-8-23(9-5-2)17-12-20-16(11-21-17)18(24)22-14-7-6-13(3)15(19)10-14/h6-7,10-12H,4-5,8-9H2,1-3H3,(H,22,24). The average Bonchev–Trinajstić information content (AvgIpc) is 2.58. The number of hydrogen-bond acceptors (Lipinski definition) is 4. The van der Waals surface area contributed by atoms with Crippen molar-refractivity contribution >= 4 is 29.0 Å². The van der Waals surface area contributed by atoms with Crippen molar-refractivity contribution < 1.29 is 4.79 Å². The fourth-order valence-electron chi connectivity index (χ4n) is 2.35. The van der Waals surface area contributed by atoms with Crippen LogP contribution in [0.25, 0.3) is 0 Å². The number of nitrogens with zero attached hydrogens (tertiary/aromatic N) is 3. The second kappa shape index (κ2) is 8.64. The molecule has 0 saturated heterocycles. The molecular weight excluding hydrogens is 324 g/mol. The molecule has 2 rings (SSSR count). The molecule has 0 bridgehead atoms. The van der Waals surface area contributed by atoms with Gasteiger partial charge in [0.15, 0.2) is 0 Å². The van der Waals surface area contributed by atoms with Crippen molar-refractivity contribution in [1.29, 1.82) is 0 Å². The second-order valence-electron chi connectivity index (χ2n) is 5.66. The molecule has 0 atom stereocenters. The number of carbonyl (C=O) groups is 1. The molecule has 5 nitrogen and oxygen atoms in total. The molecule has 0 fully saturated rings. The van der Waals surface area contributed by atoms with Gasteiger partial charge >= 0.3 is 0 Å². The van der Waals surface area contributed by atoms with Crippen LogP contribution in [0.15, 0.2) is 30.6 Å². The van der Waals surface area contributed by atoms with E-state index in [1.807, 2.05) is 19.1 Å². The van der Waals surface area contributed by atoms with Crippen LogP contribution in [0, 0.1) is 6.92 Å². The molecule has 1 aromatic heterocycles. The number of aryl methyl sites for hydroxylation is 1.